The van der Waals surface area contributed by atoms with Crippen LogP contribution in [0, 0.1) is 6.92 Å². The van der Waals surface area contributed by atoms with Gasteiger partial charge in [0.2, 0.25) is 5.91 Å². The van der Waals surface area contributed by atoms with Crippen LogP contribution >= 0.6 is 23.4 Å². The first-order valence-electron chi connectivity index (χ1n) is 9.66. The first-order valence-corrected chi connectivity index (χ1v) is 11.0. The molecule has 2 heterocycles. The quantitative estimate of drug-likeness (QED) is 0.398. The minimum atomic E-state index is -0.130. The highest BCUT2D eigenvalue weighted by atomic mass is 35.5. The fourth-order valence-corrected chi connectivity index (χ4v) is 3.97. The van der Waals surface area contributed by atoms with Crippen LogP contribution in [-0.4, -0.2) is 31.4 Å². The van der Waals surface area contributed by atoms with Crippen LogP contribution in [0.2, 0.25) is 5.02 Å². The van der Waals surface area contributed by atoms with Crippen LogP contribution in [-0.2, 0) is 11.3 Å². The summed E-state index contributed by atoms with van der Waals surface area (Å²) in [7, 11) is 0. The molecule has 1 N–H and O–H groups in total. The van der Waals surface area contributed by atoms with Gasteiger partial charge in [0.15, 0.2) is 11.0 Å². The molecule has 0 atom stereocenters. The van der Waals surface area contributed by atoms with E-state index in [0.717, 1.165) is 22.5 Å². The number of nitrogens with zero attached hydrogens (tertiary/aromatic N) is 4. The van der Waals surface area contributed by atoms with E-state index in [1.165, 1.54) is 11.8 Å². The van der Waals surface area contributed by atoms with E-state index in [0.29, 0.717) is 22.4 Å². The van der Waals surface area contributed by atoms with E-state index in [-0.39, 0.29) is 11.7 Å². The second-order valence-corrected chi connectivity index (χ2v) is 8.29. The topological polar surface area (TPSA) is 72.7 Å². The SMILES string of the molecule is Cc1ccc(Cl)cc1NC(=O)CSc1nnc(-c2ccncc2)n1Cc1ccccc1. The molecule has 6 nitrogen and oxygen atoms in total. The van der Waals surface area contributed by atoms with Crippen LogP contribution in [0.25, 0.3) is 11.4 Å². The predicted molar refractivity (Wildman–Crippen MR) is 124 cm³/mol. The van der Waals surface area contributed by atoms with Gasteiger partial charge < -0.3 is 5.32 Å². The fourth-order valence-electron chi connectivity index (χ4n) is 3.06. The van der Waals surface area contributed by atoms with Gasteiger partial charge in [0.1, 0.15) is 0 Å². The van der Waals surface area contributed by atoms with Gasteiger partial charge in [0.25, 0.3) is 0 Å². The van der Waals surface area contributed by atoms with E-state index in [4.69, 9.17) is 11.6 Å². The molecule has 0 aliphatic rings. The summed E-state index contributed by atoms with van der Waals surface area (Å²) >= 11 is 7.40. The Kier molecular flexibility index (Phi) is 6.64. The van der Waals surface area contributed by atoms with Gasteiger partial charge in [-0.25, -0.2) is 0 Å². The average molecular weight is 450 g/mol. The number of aryl methyl sites for hydroxylation is 1. The number of aromatic nitrogens is 4. The number of benzene rings is 2. The zero-order valence-electron chi connectivity index (χ0n) is 16.8. The maximum absolute atomic E-state index is 12.6. The Bertz CT molecular complexity index is 1180. The normalized spacial score (nSPS) is 10.8. The standard InChI is InChI=1S/C23H20ClN5OS/c1-16-7-8-19(24)13-20(16)26-21(30)15-31-23-28-27-22(18-9-11-25-12-10-18)29(23)14-17-5-3-2-4-6-17/h2-13H,14-15H2,1H3,(H,26,30). The van der Waals surface area contributed by atoms with E-state index in [9.17, 15) is 4.79 Å². The molecule has 1 amide bonds. The largest absolute Gasteiger partial charge is 0.325 e. The van der Waals surface area contributed by atoms with Crippen molar-refractivity contribution in [1.29, 1.82) is 0 Å². The highest BCUT2D eigenvalue weighted by Crippen LogP contribution is 2.26. The zero-order valence-corrected chi connectivity index (χ0v) is 18.4. The monoisotopic (exact) mass is 449 g/mol. The molecule has 8 heteroatoms. The van der Waals surface area contributed by atoms with Gasteiger partial charge in [0.05, 0.1) is 12.3 Å². The summed E-state index contributed by atoms with van der Waals surface area (Å²) in [6.45, 7) is 2.53. The lowest BCUT2D eigenvalue weighted by molar-refractivity contribution is -0.113. The van der Waals surface area contributed by atoms with Crippen molar-refractivity contribution in [2.24, 2.45) is 0 Å². The molecule has 0 aliphatic carbocycles. The Labute approximate surface area is 189 Å². The molecule has 2 aromatic heterocycles. The fraction of sp³-hybridized carbons (Fsp3) is 0.130. The maximum atomic E-state index is 12.6. The lowest BCUT2D eigenvalue weighted by Crippen LogP contribution is -2.15. The number of thioether (sulfide) groups is 1. The minimum absolute atomic E-state index is 0.130. The van der Waals surface area contributed by atoms with Gasteiger partial charge in [-0.1, -0.05) is 59.8 Å². The van der Waals surface area contributed by atoms with E-state index in [2.05, 4.69) is 32.6 Å². The van der Waals surface area contributed by atoms with Crippen LogP contribution in [0.4, 0.5) is 5.69 Å². The smallest absolute Gasteiger partial charge is 0.234 e. The van der Waals surface area contributed by atoms with E-state index in [1.54, 1.807) is 24.5 Å². The van der Waals surface area contributed by atoms with Gasteiger partial charge in [-0.3, -0.25) is 14.3 Å². The Morgan fingerprint density at radius 1 is 1.06 bits per heavy atom. The number of hydrogen-bond acceptors (Lipinski definition) is 5. The van der Waals surface area contributed by atoms with Crippen LogP contribution in [0.15, 0.2) is 78.2 Å². The minimum Gasteiger partial charge on any atom is -0.325 e. The molecule has 0 radical (unpaired) electrons. The number of nitrogens with one attached hydrogen (secondary N) is 1. The molecule has 0 saturated heterocycles. The molecular formula is C23H20ClN5OS. The van der Waals surface area contributed by atoms with Gasteiger partial charge in [-0.2, -0.15) is 0 Å². The summed E-state index contributed by atoms with van der Waals surface area (Å²) < 4.78 is 2.02. The Balaban J connectivity index is 1.54. The second-order valence-electron chi connectivity index (χ2n) is 6.91. The van der Waals surface area contributed by atoms with Crippen LogP contribution in [0.3, 0.4) is 0 Å². The van der Waals surface area contributed by atoms with Gasteiger partial charge in [0, 0.05) is 28.7 Å². The van der Waals surface area contributed by atoms with Crippen molar-refractivity contribution in [3.8, 4) is 11.4 Å². The molecule has 0 saturated carbocycles. The highest BCUT2D eigenvalue weighted by molar-refractivity contribution is 7.99. The molecule has 0 aliphatic heterocycles. The van der Waals surface area contributed by atoms with Crippen molar-refractivity contribution in [2.75, 3.05) is 11.1 Å². The van der Waals surface area contributed by atoms with E-state index >= 15 is 0 Å². The van der Waals surface area contributed by atoms with Crippen LogP contribution in [0.5, 0.6) is 0 Å². The zero-order chi connectivity index (χ0) is 21.6. The molecule has 156 valence electrons. The summed E-state index contributed by atoms with van der Waals surface area (Å²) in [4.78, 5) is 16.6. The Morgan fingerprint density at radius 3 is 2.61 bits per heavy atom. The van der Waals surface area contributed by atoms with Crippen molar-refractivity contribution in [3.05, 3.63) is 89.2 Å². The molecule has 4 aromatic rings. The second kappa shape index (κ2) is 9.76. The Hall–Kier alpha value is -3.16. The van der Waals surface area contributed by atoms with Crippen molar-refractivity contribution in [2.45, 2.75) is 18.6 Å². The van der Waals surface area contributed by atoms with Crippen molar-refractivity contribution in [3.63, 3.8) is 0 Å². The number of amides is 1. The number of halogens is 1. The van der Waals surface area contributed by atoms with Crippen molar-refractivity contribution in [1.82, 2.24) is 19.7 Å². The van der Waals surface area contributed by atoms with Crippen molar-refractivity contribution < 1.29 is 4.79 Å². The summed E-state index contributed by atoms with van der Waals surface area (Å²) in [6, 6.07) is 19.3. The van der Waals surface area contributed by atoms with Crippen molar-refractivity contribution >= 4 is 35.0 Å². The van der Waals surface area contributed by atoms with E-state index < -0.39 is 0 Å². The Morgan fingerprint density at radius 2 is 1.84 bits per heavy atom. The highest BCUT2D eigenvalue weighted by Gasteiger charge is 2.16. The number of carbonyl (C=O) groups excluding carboxylic acids is 1. The number of hydrogen-bond donors (Lipinski definition) is 1. The maximum Gasteiger partial charge on any atom is 0.234 e. The summed E-state index contributed by atoms with van der Waals surface area (Å²) in [5.41, 5.74) is 3.71. The molecule has 4 rings (SSSR count). The number of pyridine rings is 1. The molecule has 0 fully saturated rings. The van der Waals surface area contributed by atoms with Gasteiger partial charge in [-0.15, -0.1) is 10.2 Å². The lowest BCUT2D eigenvalue weighted by atomic mass is 10.2. The summed E-state index contributed by atoms with van der Waals surface area (Å²) in [5.74, 6) is 0.810. The first kappa shape index (κ1) is 21.1. The van der Waals surface area contributed by atoms with Crippen LogP contribution in [0.1, 0.15) is 11.1 Å². The molecule has 31 heavy (non-hydrogen) atoms. The first-order chi connectivity index (χ1) is 15.1. The molecular weight excluding hydrogens is 430 g/mol. The summed E-state index contributed by atoms with van der Waals surface area (Å²) in [5, 5.41) is 12.9. The van der Waals surface area contributed by atoms with E-state index in [1.807, 2.05) is 47.9 Å². The molecule has 0 spiro atoms. The molecule has 0 bridgehead atoms. The number of anilines is 1. The molecule has 0 unspecified atom stereocenters. The third-order valence-electron chi connectivity index (χ3n) is 4.64. The van der Waals surface area contributed by atoms with Crippen LogP contribution < -0.4 is 5.32 Å². The van der Waals surface area contributed by atoms with Gasteiger partial charge >= 0.3 is 0 Å². The number of rotatable bonds is 7. The third-order valence-corrected chi connectivity index (χ3v) is 5.85. The molecule has 2 aromatic carbocycles. The average Bonchev–Trinajstić information content (AvgIpc) is 3.18. The number of carbonyl (C=O) groups is 1. The summed E-state index contributed by atoms with van der Waals surface area (Å²) in [6.07, 6.45) is 3.45. The predicted octanol–water partition coefficient (Wildman–Crippen LogP) is 5.08. The lowest BCUT2D eigenvalue weighted by Gasteiger charge is -2.11. The van der Waals surface area contributed by atoms with Gasteiger partial charge in [-0.05, 0) is 42.3 Å². The third kappa shape index (κ3) is 5.31.